The Balaban J connectivity index is 1.96. The molecule has 2 aromatic rings. The highest BCUT2D eigenvalue weighted by molar-refractivity contribution is 7.89. The van der Waals surface area contributed by atoms with Crippen molar-refractivity contribution in [2.24, 2.45) is 0 Å². The number of nitrogens with zero attached hydrogens (tertiary/aromatic N) is 1. The summed E-state index contributed by atoms with van der Waals surface area (Å²) in [6.07, 6.45) is 0. The summed E-state index contributed by atoms with van der Waals surface area (Å²) in [5.41, 5.74) is 1.54. The maximum atomic E-state index is 12.6. The SMILES string of the molecule is Cc1ccc(S(=O)(=O)NCCN(CCNC(=O)NC(C)(C)C)CCNS(=O)(=O)c2ccc(C)cc2)cc1. The molecule has 0 aliphatic rings. The van der Waals surface area contributed by atoms with Crippen LogP contribution in [0.4, 0.5) is 4.79 Å². The van der Waals surface area contributed by atoms with Gasteiger partial charge in [-0.2, -0.15) is 0 Å². The molecule has 0 fully saturated rings. The molecule has 0 unspecified atom stereocenters. The minimum absolute atomic E-state index is 0.120. The summed E-state index contributed by atoms with van der Waals surface area (Å²) in [6, 6.07) is 12.8. The van der Waals surface area contributed by atoms with E-state index in [2.05, 4.69) is 20.1 Å². The molecule has 0 saturated heterocycles. The van der Waals surface area contributed by atoms with Crippen molar-refractivity contribution in [3.8, 4) is 0 Å². The first-order chi connectivity index (χ1) is 17.2. The summed E-state index contributed by atoms with van der Waals surface area (Å²) in [7, 11) is -7.36. The van der Waals surface area contributed by atoms with Crippen LogP contribution in [-0.2, 0) is 20.0 Å². The van der Waals surface area contributed by atoms with E-state index in [4.69, 9.17) is 0 Å². The van der Waals surface area contributed by atoms with Crippen LogP contribution in [0.3, 0.4) is 0 Å². The van der Waals surface area contributed by atoms with Crippen LogP contribution in [0.1, 0.15) is 31.9 Å². The maximum absolute atomic E-state index is 12.6. The lowest BCUT2D eigenvalue weighted by molar-refractivity contribution is 0.227. The van der Waals surface area contributed by atoms with Crippen molar-refractivity contribution in [3.63, 3.8) is 0 Å². The van der Waals surface area contributed by atoms with Crippen molar-refractivity contribution in [1.82, 2.24) is 25.0 Å². The van der Waals surface area contributed by atoms with Crippen molar-refractivity contribution in [3.05, 3.63) is 59.7 Å². The molecule has 2 aromatic carbocycles. The monoisotopic (exact) mass is 553 g/mol. The molecule has 0 heterocycles. The summed E-state index contributed by atoms with van der Waals surface area (Å²) in [4.78, 5) is 14.3. The first kappa shape index (κ1) is 30.7. The van der Waals surface area contributed by atoms with Crippen LogP contribution in [0.15, 0.2) is 58.3 Å². The summed E-state index contributed by atoms with van der Waals surface area (Å²) in [6.45, 7) is 11.0. The average Bonchev–Trinajstić information content (AvgIpc) is 2.78. The molecule has 0 spiro atoms. The van der Waals surface area contributed by atoms with Gasteiger partial charge in [0, 0.05) is 44.8 Å². The van der Waals surface area contributed by atoms with E-state index >= 15 is 0 Å². The summed E-state index contributed by atoms with van der Waals surface area (Å²) in [5, 5.41) is 5.59. The number of hydrogen-bond donors (Lipinski definition) is 4. The molecule has 0 aromatic heterocycles. The van der Waals surface area contributed by atoms with Crippen molar-refractivity contribution >= 4 is 26.1 Å². The highest BCUT2D eigenvalue weighted by Crippen LogP contribution is 2.10. The number of hydrogen-bond acceptors (Lipinski definition) is 6. The molecule has 0 aliphatic carbocycles. The van der Waals surface area contributed by atoms with Crippen LogP contribution in [0.5, 0.6) is 0 Å². The van der Waals surface area contributed by atoms with Crippen molar-refractivity contribution in [2.45, 2.75) is 49.9 Å². The van der Waals surface area contributed by atoms with Gasteiger partial charge >= 0.3 is 6.03 Å². The van der Waals surface area contributed by atoms with E-state index in [1.807, 2.05) is 39.5 Å². The third-order valence-electron chi connectivity index (χ3n) is 5.30. The van der Waals surface area contributed by atoms with Gasteiger partial charge in [0.1, 0.15) is 0 Å². The Morgan fingerprint density at radius 2 is 1.08 bits per heavy atom. The largest absolute Gasteiger partial charge is 0.337 e. The lowest BCUT2D eigenvalue weighted by atomic mass is 10.1. The number of urea groups is 1. The van der Waals surface area contributed by atoms with E-state index in [9.17, 15) is 21.6 Å². The number of nitrogens with one attached hydrogen (secondary N) is 4. The van der Waals surface area contributed by atoms with E-state index in [0.717, 1.165) is 11.1 Å². The average molecular weight is 554 g/mol. The Morgan fingerprint density at radius 3 is 1.46 bits per heavy atom. The number of carbonyl (C=O) groups is 1. The second-order valence-corrected chi connectivity index (χ2v) is 13.4. The highest BCUT2D eigenvalue weighted by Gasteiger charge is 2.17. The molecule has 10 nitrogen and oxygen atoms in total. The Labute approximate surface area is 221 Å². The minimum Gasteiger partial charge on any atom is -0.337 e. The molecular weight excluding hydrogens is 514 g/mol. The molecule has 2 rings (SSSR count). The number of carbonyl (C=O) groups excluding carboxylic acids is 1. The van der Waals surface area contributed by atoms with E-state index in [-0.39, 0.29) is 34.5 Å². The molecule has 2 amide bonds. The lowest BCUT2D eigenvalue weighted by Crippen LogP contribution is -2.49. The topological polar surface area (TPSA) is 137 Å². The lowest BCUT2D eigenvalue weighted by Gasteiger charge is -2.24. The highest BCUT2D eigenvalue weighted by atomic mass is 32.2. The van der Waals surface area contributed by atoms with Crippen LogP contribution in [0.2, 0.25) is 0 Å². The molecule has 0 bridgehead atoms. The Morgan fingerprint density at radius 1 is 0.703 bits per heavy atom. The smallest absolute Gasteiger partial charge is 0.315 e. The Kier molecular flexibility index (Phi) is 11.1. The van der Waals surface area contributed by atoms with Gasteiger partial charge in [-0.25, -0.2) is 31.1 Å². The molecule has 0 atom stereocenters. The molecular formula is C25H39N5O5S2. The quantitative estimate of drug-likeness (QED) is 0.299. The zero-order valence-electron chi connectivity index (χ0n) is 22.2. The van der Waals surface area contributed by atoms with Gasteiger partial charge in [-0.1, -0.05) is 35.4 Å². The van der Waals surface area contributed by atoms with Gasteiger partial charge in [0.25, 0.3) is 0 Å². The van der Waals surface area contributed by atoms with Gasteiger partial charge in [0.2, 0.25) is 20.0 Å². The molecule has 206 valence electrons. The van der Waals surface area contributed by atoms with Crippen molar-refractivity contribution < 1.29 is 21.6 Å². The molecule has 0 radical (unpaired) electrons. The number of benzene rings is 2. The van der Waals surface area contributed by atoms with Gasteiger partial charge < -0.3 is 10.6 Å². The number of amides is 2. The minimum atomic E-state index is -3.68. The second kappa shape index (κ2) is 13.3. The number of rotatable bonds is 13. The van der Waals surface area contributed by atoms with Gasteiger partial charge in [-0.05, 0) is 58.9 Å². The zero-order valence-corrected chi connectivity index (χ0v) is 23.8. The summed E-state index contributed by atoms with van der Waals surface area (Å²) in [5.74, 6) is 0. The normalized spacial score (nSPS) is 12.5. The third kappa shape index (κ3) is 11.2. The maximum Gasteiger partial charge on any atom is 0.315 e. The molecule has 4 N–H and O–H groups in total. The number of sulfonamides is 2. The van der Waals surface area contributed by atoms with Gasteiger partial charge in [-0.3, -0.25) is 4.90 Å². The summed E-state index contributed by atoms with van der Waals surface area (Å²) >= 11 is 0. The van der Waals surface area contributed by atoms with Crippen LogP contribution >= 0.6 is 0 Å². The zero-order chi connectivity index (χ0) is 27.7. The molecule has 0 aliphatic heterocycles. The van der Waals surface area contributed by atoms with Gasteiger partial charge in [-0.15, -0.1) is 0 Å². The van der Waals surface area contributed by atoms with Gasteiger partial charge in [0.05, 0.1) is 9.79 Å². The first-order valence-corrected chi connectivity index (χ1v) is 15.1. The standard InChI is InChI=1S/C25H39N5O5S2/c1-20-6-10-22(11-7-20)36(32,33)27-15-18-30(17-14-26-24(31)29-25(3,4)5)19-16-28-37(34,35)23-12-8-21(2)9-13-23/h6-13,27-28H,14-19H2,1-5H3,(H2,26,29,31). The predicted octanol–water partition coefficient (Wildman–Crippen LogP) is 1.96. The van der Waals surface area contributed by atoms with Crippen LogP contribution < -0.4 is 20.1 Å². The van der Waals surface area contributed by atoms with Crippen LogP contribution in [0, 0.1) is 13.8 Å². The Hall–Kier alpha value is -2.51. The first-order valence-electron chi connectivity index (χ1n) is 12.1. The van der Waals surface area contributed by atoms with Crippen molar-refractivity contribution in [1.29, 1.82) is 0 Å². The second-order valence-electron chi connectivity index (χ2n) is 9.89. The van der Waals surface area contributed by atoms with E-state index in [1.54, 1.807) is 48.5 Å². The van der Waals surface area contributed by atoms with Crippen LogP contribution in [-0.4, -0.2) is 72.6 Å². The summed E-state index contributed by atoms with van der Waals surface area (Å²) < 4.78 is 55.6. The fourth-order valence-electron chi connectivity index (χ4n) is 3.33. The van der Waals surface area contributed by atoms with Crippen LogP contribution in [0.25, 0.3) is 0 Å². The van der Waals surface area contributed by atoms with Crippen molar-refractivity contribution in [2.75, 3.05) is 39.3 Å². The molecule has 12 heteroatoms. The van der Waals surface area contributed by atoms with Gasteiger partial charge in [0.15, 0.2) is 0 Å². The fourth-order valence-corrected chi connectivity index (χ4v) is 5.37. The van der Waals surface area contributed by atoms with E-state index in [1.165, 1.54) is 0 Å². The molecule has 0 saturated carbocycles. The van der Waals surface area contributed by atoms with E-state index in [0.29, 0.717) is 26.2 Å². The molecule has 37 heavy (non-hydrogen) atoms. The number of aryl methyl sites for hydroxylation is 2. The Bertz CT molecular complexity index is 1140. The van der Waals surface area contributed by atoms with E-state index < -0.39 is 20.0 Å². The fraction of sp³-hybridized carbons (Fsp3) is 0.480. The predicted molar refractivity (Wildman–Crippen MR) is 145 cm³/mol. The third-order valence-corrected chi connectivity index (χ3v) is 8.26.